The van der Waals surface area contributed by atoms with Crippen LogP contribution in [0.5, 0.6) is 0 Å². The van der Waals surface area contributed by atoms with Crippen molar-refractivity contribution >= 4 is 22.8 Å². The van der Waals surface area contributed by atoms with Crippen LogP contribution >= 0.6 is 0 Å². The second-order valence-corrected chi connectivity index (χ2v) is 9.58. The van der Waals surface area contributed by atoms with Crippen LogP contribution in [-0.2, 0) is 22.3 Å². The number of carbonyl (C=O) groups excluding carboxylic acids is 1. The lowest BCUT2D eigenvalue weighted by molar-refractivity contribution is -0.157. The van der Waals surface area contributed by atoms with Crippen molar-refractivity contribution in [3.63, 3.8) is 0 Å². The number of carbonyl (C=O) groups is 2. The Balaban J connectivity index is 1.81. The maximum Gasteiger partial charge on any atom is 0.416 e. The quantitative estimate of drug-likeness (QED) is 0.151. The fourth-order valence-electron chi connectivity index (χ4n) is 4.60. The van der Waals surface area contributed by atoms with E-state index in [1.807, 2.05) is 6.07 Å². The number of hydrogen-bond donors (Lipinski definition) is 1. The van der Waals surface area contributed by atoms with E-state index in [9.17, 15) is 27.9 Å². The van der Waals surface area contributed by atoms with Crippen molar-refractivity contribution in [1.82, 2.24) is 4.90 Å². The van der Waals surface area contributed by atoms with Gasteiger partial charge in [0.05, 0.1) is 17.2 Å². The van der Waals surface area contributed by atoms with Crippen LogP contribution in [0.3, 0.4) is 0 Å². The van der Waals surface area contributed by atoms with Crippen LogP contribution in [0.2, 0.25) is 0 Å². The molecule has 0 saturated carbocycles. The third-order valence-corrected chi connectivity index (χ3v) is 6.70. The molecule has 0 radical (unpaired) electrons. The first-order valence-electron chi connectivity index (χ1n) is 13.4. The van der Waals surface area contributed by atoms with Crippen LogP contribution in [0.25, 0.3) is 11.0 Å². The lowest BCUT2D eigenvalue weighted by atomic mass is 9.99. The summed E-state index contributed by atoms with van der Waals surface area (Å²) in [5.41, 5.74) is 1.60. The highest BCUT2D eigenvalue weighted by Gasteiger charge is 2.32. The minimum Gasteiger partial charge on any atom is -0.474 e. The van der Waals surface area contributed by atoms with Crippen LogP contribution < -0.4 is 0 Å². The van der Waals surface area contributed by atoms with Gasteiger partial charge in [0.25, 0.3) is 0 Å². The number of alkyl halides is 3. The highest BCUT2D eigenvalue weighted by molar-refractivity contribution is 6.31. The molecule has 1 atom stereocenters. The van der Waals surface area contributed by atoms with Gasteiger partial charge in [-0.15, -0.1) is 0 Å². The number of fused-ring (bicyclic) bond motifs is 1. The summed E-state index contributed by atoms with van der Waals surface area (Å²) < 4.78 is 44.7. The predicted molar refractivity (Wildman–Crippen MR) is 144 cm³/mol. The van der Waals surface area contributed by atoms with Gasteiger partial charge in [0.1, 0.15) is 11.8 Å². The topological polar surface area (TPSA) is 70.8 Å². The van der Waals surface area contributed by atoms with Crippen molar-refractivity contribution in [2.24, 2.45) is 0 Å². The van der Waals surface area contributed by atoms with Gasteiger partial charge in [-0.25, -0.2) is 4.79 Å². The molecule has 39 heavy (non-hydrogen) atoms. The molecule has 1 amide bonds. The Kier molecular flexibility index (Phi) is 10.6. The lowest BCUT2D eigenvalue weighted by Gasteiger charge is -2.30. The Morgan fingerprint density at radius 2 is 1.69 bits per heavy atom. The van der Waals surface area contributed by atoms with Crippen LogP contribution in [0.15, 0.2) is 53.1 Å². The molecule has 0 saturated heterocycles. The highest BCUT2D eigenvalue weighted by atomic mass is 19.4. The predicted octanol–water partition coefficient (Wildman–Crippen LogP) is 8.12. The van der Waals surface area contributed by atoms with E-state index in [4.69, 9.17) is 4.42 Å². The average molecular weight is 542 g/mol. The Labute approximate surface area is 227 Å². The van der Waals surface area contributed by atoms with E-state index >= 15 is 0 Å². The number of unbranched alkanes of at least 4 members (excludes halogenated alkanes) is 6. The number of carboxylic acids is 1. The van der Waals surface area contributed by atoms with Crippen LogP contribution in [0.4, 0.5) is 13.2 Å². The molecular formula is C31H34F3NO4. The van der Waals surface area contributed by atoms with Gasteiger partial charge in [-0.05, 0) is 48.2 Å². The average Bonchev–Trinajstić information content (AvgIpc) is 3.31. The number of nitrogens with zero attached hydrogens (tertiary/aromatic N) is 1. The molecule has 0 spiro atoms. The van der Waals surface area contributed by atoms with Crippen molar-refractivity contribution in [3.8, 4) is 11.8 Å². The first kappa shape index (κ1) is 29.8. The van der Waals surface area contributed by atoms with Crippen LogP contribution in [-0.4, -0.2) is 21.9 Å². The Bertz CT molecular complexity index is 1320. The van der Waals surface area contributed by atoms with E-state index in [1.54, 1.807) is 25.3 Å². The van der Waals surface area contributed by atoms with Crippen molar-refractivity contribution in [2.75, 3.05) is 0 Å². The summed E-state index contributed by atoms with van der Waals surface area (Å²) >= 11 is 0. The monoisotopic (exact) mass is 541 g/mol. The van der Waals surface area contributed by atoms with Gasteiger partial charge in [-0.1, -0.05) is 76.0 Å². The molecule has 0 aliphatic heterocycles. The molecule has 0 bridgehead atoms. The van der Waals surface area contributed by atoms with E-state index in [2.05, 4.69) is 18.8 Å². The number of carboxylic acid groups (broad SMARTS) is 1. The number of rotatable bonds is 11. The van der Waals surface area contributed by atoms with Crippen LogP contribution in [0.1, 0.15) is 93.5 Å². The van der Waals surface area contributed by atoms with Gasteiger partial charge < -0.3 is 14.4 Å². The highest BCUT2D eigenvalue weighted by Crippen LogP contribution is 2.33. The number of furan rings is 1. The Morgan fingerprint density at radius 3 is 2.33 bits per heavy atom. The summed E-state index contributed by atoms with van der Waals surface area (Å²) in [7, 11) is 0. The largest absolute Gasteiger partial charge is 0.474 e. The zero-order chi connectivity index (χ0) is 28.4. The van der Waals surface area contributed by atoms with E-state index in [0.29, 0.717) is 28.7 Å². The van der Waals surface area contributed by atoms with Gasteiger partial charge in [0.2, 0.25) is 0 Å². The summed E-state index contributed by atoms with van der Waals surface area (Å²) in [6, 6.07) is 9.02. The van der Waals surface area contributed by atoms with E-state index in [0.717, 1.165) is 36.8 Å². The summed E-state index contributed by atoms with van der Waals surface area (Å²) in [4.78, 5) is 25.6. The molecule has 0 aliphatic rings. The normalized spacial score (nSPS) is 12.1. The first-order chi connectivity index (χ1) is 18.7. The molecule has 208 valence electrons. The van der Waals surface area contributed by atoms with E-state index in [1.165, 1.54) is 42.7 Å². The van der Waals surface area contributed by atoms with Gasteiger partial charge in [0.15, 0.2) is 0 Å². The molecule has 1 aromatic heterocycles. The third-order valence-electron chi connectivity index (χ3n) is 6.70. The molecule has 0 fully saturated rings. The zero-order valence-corrected chi connectivity index (χ0v) is 22.3. The van der Waals surface area contributed by atoms with Crippen LogP contribution in [0, 0.1) is 11.8 Å². The Morgan fingerprint density at radius 1 is 1.00 bits per heavy atom. The lowest BCUT2D eigenvalue weighted by Crippen LogP contribution is -2.38. The Hall–Kier alpha value is -3.73. The second kappa shape index (κ2) is 13.9. The molecule has 8 heteroatoms. The fraction of sp³-hybridized carbons (Fsp3) is 0.419. The minimum absolute atomic E-state index is 0.0452. The number of halogens is 3. The minimum atomic E-state index is -4.49. The SMILES string of the molecule is CCCCCCCCC#Cc1coc2ccc(CN(C(=O)C(=O)O)C(CC)c3ccc(C(F)(F)F)cc3)cc12. The second-order valence-electron chi connectivity index (χ2n) is 9.58. The third kappa shape index (κ3) is 8.13. The number of aliphatic carboxylic acids is 1. The molecule has 3 rings (SSSR count). The number of amides is 1. The maximum atomic E-state index is 13.0. The van der Waals surface area contributed by atoms with Gasteiger partial charge in [0, 0.05) is 18.4 Å². The number of benzene rings is 2. The fourth-order valence-corrected chi connectivity index (χ4v) is 4.60. The molecule has 1 unspecified atom stereocenters. The molecule has 1 N–H and O–H groups in total. The van der Waals surface area contributed by atoms with Crippen molar-refractivity contribution < 1.29 is 32.3 Å². The molecule has 5 nitrogen and oxygen atoms in total. The maximum absolute atomic E-state index is 13.0. The van der Waals surface area contributed by atoms with Gasteiger partial charge in [-0.2, -0.15) is 13.2 Å². The molecule has 3 aromatic rings. The van der Waals surface area contributed by atoms with E-state index < -0.39 is 29.7 Å². The summed E-state index contributed by atoms with van der Waals surface area (Å²) in [6.07, 6.45) is 5.30. The first-order valence-corrected chi connectivity index (χ1v) is 13.4. The van der Waals surface area contributed by atoms with Gasteiger partial charge in [-0.3, -0.25) is 4.79 Å². The molecular weight excluding hydrogens is 507 g/mol. The molecule has 1 heterocycles. The summed E-state index contributed by atoms with van der Waals surface area (Å²) in [5, 5.41) is 10.2. The summed E-state index contributed by atoms with van der Waals surface area (Å²) in [6.45, 7) is 3.90. The van der Waals surface area contributed by atoms with Crippen molar-refractivity contribution in [3.05, 3.63) is 71.0 Å². The van der Waals surface area contributed by atoms with Crippen molar-refractivity contribution in [1.29, 1.82) is 0 Å². The standard InChI is InChI=1S/C31H34F3NO4/c1-3-5-6-7-8-9-10-11-12-24-21-39-28-18-13-22(19-26(24)28)20-35(29(36)30(37)38)27(4-2)23-14-16-25(17-15-23)31(32,33)34/h13-19,21,27H,3-10,20H2,1-2H3,(H,37,38). The van der Waals surface area contributed by atoms with Gasteiger partial charge >= 0.3 is 18.1 Å². The molecule has 0 aliphatic carbocycles. The number of hydrogen-bond acceptors (Lipinski definition) is 3. The smallest absolute Gasteiger partial charge is 0.416 e. The van der Waals surface area contributed by atoms with Crippen molar-refractivity contribution in [2.45, 2.75) is 84.0 Å². The summed E-state index contributed by atoms with van der Waals surface area (Å²) in [5.74, 6) is 3.59. The van der Waals surface area contributed by atoms with E-state index in [-0.39, 0.29) is 6.54 Å². The zero-order valence-electron chi connectivity index (χ0n) is 22.3. The molecule has 2 aromatic carbocycles.